The van der Waals surface area contributed by atoms with Crippen LogP contribution in [0, 0.1) is 0 Å². The molecule has 3 heteroatoms. The maximum atomic E-state index is 3.16. The molecule has 0 aliphatic rings. The number of nitrogens with zero attached hydrogens (tertiary/aromatic N) is 2. The fraction of sp³-hybridized carbons (Fsp3) is 0.467. The van der Waals surface area contributed by atoms with Crippen LogP contribution in [0.3, 0.4) is 0 Å². The number of para-hydroxylation sites is 1. The Morgan fingerprint density at radius 2 is 1.89 bits per heavy atom. The molecule has 98 valence electrons. The first-order valence-electron chi connectivity index (χ1n) is 6.42. The van der Waals surface area contributed by atoms with Gasteiger partial charge in [0.25, 0.3) is 0 Å². The van der Waals surface area contributed by atoms with E-state index in [2.05, 4.69) is 73.2 Å². The first kappa shape index (κ1) is 13.1. The lowest BCUT2D eigenvalue weighted by atomic mass is 10.1. The van der Waals surface area contributed by atoms with E-state index in [-0.39, 0.29) is 5.54 Å². The number of rotatable bonds is 3. The maximum absolute atomic E-state index is 3.16. The summed E-state index contributed by atoms with van der Waals surface area (Å²) in [7, 11) is 4.01. The molecular formula is C15H23N3. The molecule has 0 radical (unpaired) electrons. The van der Waals surface area contributed by atoms with Crippen LogP contribution in [0.2, 0.25) is 0 Å². The van der Waals surface area contributed by atoms with Crippen molar-refractivity contribution in [3.8, 4) is 0 Å². The van der Waals surface area contributed by atoms with Gasteiger partial charge in [-0.05, 0) is 45.3 Å². The second kappa shape index (κ2) is 4.75. The second-order valence-corrected chi connectivity index (χ2v) is 5.78. The summed E-state index contributed by atoms with van der Waals surface area (Å²) >= 11 is 0. The van der Waals surface area contributed by atoms with Crippen LogP contribution in [-0.2, 0) is 12.1 Å². The smallest absolute Gasteiger partial charge is 0.0532 e. The van der Waals surface area contributed by atoms with Crippen molar-refractivity contribution in [3.63, 3.8) is 0 Å². The Hall–Kier alpha value is -1.32. The molecule has 0 bridgehead atoms. The minimum absolute atomic E-state index is 0.0903. The highest BCUT2D eigenvalue weighted by Gasteiger charge is 2.20. The van der Waals surface area contributed by atoms with Gasteiger partial charge in [-0.25, -0.2) is 5.01 Å². The van der Waals surface area contributed by atoms with Gasteiger partial charge in [-0.1, -0.05) is 18.2 Å². The van der Waals surface area contributed by atoms with E-state index in [9.17, 15) is 0 Å². The first-order chi connectivity index (χ1) is 8.43. The van der Waals surface area contributed by atoms with E-state index in [0.29, 0.717) is 0 Å². The molecule has 0 saturated heterocycles. The topological polar surface area (TPSA) is 20.2 Å². The third-order valence-electron chi connectivity index (χ3n) is 3.24. The molecule has 2 rings (SSSR count). The highest BCUT2D eigenvalue weighted by atomic mass is 15.5. The lowest BCUT2D eigenvalue weighted by molar-refractivity contribution is 0.238. The Balaban J connectivity index is 2.57. The third-order valence-corrected chi connectivity index (χ3v) is 3.24. The van der Waals surface area contributed by atoms with Crippen molar-refractivity contribution in [1.29, 1.82) is 0 Å². The molecule has 0 aliphatic carbocycles. The number of aromatic nitrogens is 1. The highest BCUT2D eigenvalue weighted by molar-refractivity contribution is 5.81. The molecule has 0 amide bonds. The average molecular weight is 245 g/mol. The molecule has 1 aromatic carbocycles. The van der Waals surface area contributed by atoms with Crippen LogP contribution in [0.1, 0.15) is 26.5 Å². The minimum atomic E-state index is 0.0903. The van der Waals surface area contributed by atoms with Gasteiger partial charge < -0.3 is 4.57 Å². The summed E-state index contributed by atoms with van der Waals surface area (Å²) in [6.07, 6.45) is 0. The average Bonchev–Trinajstić information content (AvgIpc) is 2.65. The van der Waals surface area contributed by atoms with Gasteiger partial charge in [0.15, 0.2) is 0 Å². The van der Waals surface area contributed by atoms with Crippen molar-refractivity contribution in [2.24, 2.45) is 0 Å². The van der Waals surface area contributed by atoms with Gasteiger partial charge in [0.2, 0.25) is 0 Å². The monoisotopic (exact) mass is 245 g/mol. The fourth-order valence-corrected chi connectivity index (χ4v) is 2.44. The van der Waals surface area contributed by atoms with Crippen LogP contribution in [0.4, 0.5) is 0 Å². The number of benzene rings is 1. The van der Waals surface area contributed by atoms with Gasteiger partial charge >= 0.3 is 0 Å². The Kier molecular flexibility index (Phi) is 3.46. The molecule has 0 fully saturated rings. The van der Waals surface area contributed by atoms with Crippen molar-refractivity contribution in [2.75, 3.05) is 14.1 Å². The normalized spacial score (nSPS) is 12.6. The molecule has 1 N–H and O–H groups in total. The Morgan fingerprint density at radius 3 is 2.50 bits per heavy atom. The van der Waals surface area contributed by atoms with Gasteiger partial charge in [-0.3, -0.25) is 5.43 Å². The van der Waals surface area contributed by atoms with Crippen molar-refractivity contribution in [3.05, 3.63) is 36.0 Å². The summed E-state index contributed by atoms with van der Waals surface area (Å²) in [5, 5.41) is 3.41. The minimum Gasteiger partial charge on any atom is -0.338 e. The van der Waals surface area contributed by atoms with Gasteiger partial charge in [-0.2, -0.15) is 0 Å². The second-order valence-electron chi connectivity index (χ2n) is 5.78. The maximum Gasteiger partial charge on any atom is 0.0532 e. The Bertz CT molecular complexity index is 534. The van der Waals surface area contributed by atoms with Crippen molar-refractivity contribution in [1.82, 2.24) is 15.0 Å². The molecule has 0 spiro atoms. The number of hydrazine groups is 1. The number of hydrogen-bond acceptors (Lipinski definition) is 2. The first-order valence-corrected chi connectivity index (χ1v) is 6.42. The molecule has 0 atom stereocenters. The number of fused-ring (bicyclic) bond motifs is 1. The van der Waals surface area contributed by atoms with Gasteiger partial charge in [0.1, 0.15) is 0 Å². The molecule has 18 heavy (non-hydrogen) atoms. The number of hydrogen-bond donors (Lipinski definition) is 1. The molecule has 1 aromatic heterocycles. The van der Waals surface area contributed by atoms with E-state index >= 15 is 0 Å². The van der Waals surface area contributed by atoms with E-state index < -0.39 is 0 Å². The lowest BCUT2D eigenvalue weighted by Crippen LogP contribution is -2.33. The summed E-state index contributed by atoms with van der Waals surface area (Å²) < 4.78 is 2.43. The highest BCUT2D eigenvalue weighted by Crippen LogP contribution is 2.27. The quantitative estimate of drug-likeness (QED) is 0.839. The SMILES string of the molecule is CNN(C)Cc1cc2ccccc2n1C(C)(C)C. The van der Waals surface area contributed by atoms with Crippen LogP contribution in [0.25, 0.3) is 10.9 Å². The molecule has 0 unspecified atom stereocenters. The zero-order valence-corrected chi connectivity index (χ0v) is 12.0. The molecule has 1 heterocycles. The third kappa shape index (κ3) is 2.42. The zero-order chi connectivity index (χ0) is 13.3. The zero-order valence-electron chi connectivity index (χ0n) is 12.0. The Morgan fingerprint density at radius 1 is 1.22 bits per heavy atom. The standard InChI is InChI=1S/C15H23N3/c1-15(2,3)18-13(11-17(5)16-4)10-12-8-6-7-9-14(12)18/h6-10,16H,11H2,1-5H3. The summed E-state index contributed by atoms with van der Waals surface area (Å²) in [4.78, 5) is 0. The molecule has 0 aliphatic heterocycles. The van der Waals surface area contributed by atoms with E-state index in [0.717, 1.165) is 6.54 Å². The Labute approximate surface area is 109 Å². The number of nitrogens with one attached hydrogen (secondary N) is 1. The predicted octanol–water partition coefficient (Wildman–Crippen LogP) is 2.96. The van der Waals surface area contributed by atoms with E-state index in [1.165, 1.54) is 16.6 Å². The van der Waals surface area contributed by atoms with E-state index in [1.807, 2.05) is 7.05 Å². The summed E-state index contributed by atoms with van der Waals surface area (Å²) in [5.41, 5.74) is 5.89. The lowest BCUT2D eigenvalue weighted by Gasteiger charge is -2.27. The predicted molar refractivity (Wildman–Crippen MR) is 77.5 cm³/mol. The largest absolute Gasteiger partial charge is 0.338 e. The van der Waals surface area contributed by atoms with Gasteiger partial charge in [-0.15, -0.1) is 0 Å². The summed E-state index contributed by atoms with van der Waals surface area (Å²) in [5.74, 6) is 0. The van der Waals surface area contributed by atoms with Crippen LogP contribution in [-0.4, -0.2) is 23.7 Å². The fourth-order valence-electron chi connectivity index (χ4n) is 2.44. The van der Waals surface area contributed by atoms with Crippen molar-refractivity contribution in [2.45, 2.75) is 32.9 Å². The molecule has 2 aromatic rings. The van der Waals surface area contributed by atoms with Crippen molar-refractivity contribution < 1.29 is 0 Å². The van der Waals surface area contributed by atoms with Crippen molar-refractivity contribution >= 4 is 10.9 Å². The molecular weight excluding hydrogens is 222 g/mol. The summed E-state index contributed by atoms with van der Waals surface area (Å²) in [6.45, 7) is 7.65. The van der Waals surface area contributed by atoms with E-state index in [1.54, 1.807) is 0 Å². The van der Waals surface area contributed by atoms with Crippen LogP contribution >= 0.6 is 0 Å². The van der Waals surface area contributed by atoms with Gasteiger partial charge in [0, 0.05) is 23.8 Å². The summed E-state index contributed by atoms with van der Waals surface area (Å²) in [6, 6.07) is 10.9. The van der Waals surface area contributed by atoms with Crippen LogP contribution in [0.15, 0.2) is 30.3 Å². The van der Waals surface area contributed by atoms with Gasteiger partial charge in [0.05, 0.1) is 6.54 Å². The van der Waals surface area contributed by atoms with Crippen LogP contribution in [0.5, 0.6) is 0 Å². The molecule has 0 saturated carbocycles. The molecule has 3 nitrogen and oxygen atoms in total. The van der Waals surface area contributed by atoms with E-state index in [4.69, 9.17) is 0 Å². The van der Waals surface area contributed by atoms with Crippen LogP contribution < -0.4 is 5.43 Å².